The van der Waals surface area contributed by atoms with Crippen LogP contribution >= 0.6 is 0 Å². The summed E-state index contributed by atoms with van der Waals surface area (Å²) in [5, 5.41) is 126. The average molecular weight is 975 g/mol. The fraction of sp³-hybridized carbons (Fsp3) is 0.979. The third-order valence-corrected chi connectivity index (χ3v) is 20.2. The van der Waals surface area contributed by atoms with Crippen LogP contribution in [0.15, 0.2) is 0 Å². The molecule has 390 valence electrons. The zero-order valence-electron chi connectivity index (χ0n) is 40.0. The van der Waals surface area contributed by atoms with E-state index in [1.165, 1.54) is 0 Å². The van der Waals surface area contributed by atoms with Gasteiger partial charge >= 0.3 is 0 Å². The Morgan fingerprint density at radius 3 is 1.78 bits per heavy atom. The monoisotopic (exact) mass is 975 g/mol. The standard InChI is InChI=1S/C48H78O20/c1-20(22-13-28(53)46(6,68-22)19-62-40-37(60)34(57)31(54)23(15-49)63-40)30-21(52)14-45(5)27-8-7-26-43(2,3)29(9-10-47(26)18-48(27,47)12-11-44(30,45)4)66-42-39(36(59)33(56)25(17-51)65-42)67-41-38(61)35(58)32(55)24(16-50)64-41/h20,22-42,49-51,53-61H,7-19H2,1-6H3. The van der Waals surface area contributed by atoms with Crippen LogP contribution in [0.3, 0.4) is 0 Å². The molecule has 0 radical (unpaired) electrons. The van der Waals surface area contributed by atoms with Crippen molar-refractivity contribution in [3.8, 4) is 0 Å². The molecule has 27 atom stereocenters. The summed E-state index contributed by atoms with van der Waals surface area (Å²) in [7, 11) is 0. The molecule has 5 aliphatic carbocycles. The van der Waals surface area contributed by atoms with Crippen LogP contribution in [0.2, 0.25) is 0 Å². The molecule has 12 N–H and O–H groups in total. The van der Waals surface area contributed by atoms with Crippen LogP contribution in [-0.2, 0) is 38.0 Å². The summed E-state index contributed by atoms with van der Waals surface area (Å²) in [5.74, 6) is 0.141. The van der Waals surface area contributed by atoms with Gasteiger partial charge in [-0.05, 0) is 96.7 Å². The topological polar surface area (TPSA) is 324 Å². The van der Waals surface area contributed by atoms with Crippen molar-refractivity contribution in [2.75, 3.05) is 26.4 Å². The van der Waals surface area contributed by atoms with Gasteiger partial charge in [0.05, 0.1) is 44.7 Å². The van der Waals surface area contributed by atoms with E-state index in [1.807, 2.05) is 6.92 Å². The highest BCUT2D eigenvalue weighted by molar-refractivity contribution is 5.86. The highest BCUT2D eigenvalue weighted by Gasteiger charge is 2.83. The van der Waals surface area contributed by atoms with Crippen LogP contribution in [0.1, 0.15) is 99.3 Å². The van der Waals surface area contributed by atoms with Crippen LogP contribution in [0.5, 0.6) is 0 Å². The Morgan fingerprint density at radius 1 is 0.618 bits per heavy atom. The first-order valence-electron chi connectivity index (χ1n) is 24.9. The smallest absolute Gasteiger partial charge is 0.187 e. The second-order valence-electron chi connectivity index (χ2n) is 23.7. The summed E-state index contributed by atoms with van der Waals surface area (Å²) in [5.41, 5.74) is -2.32. The minimum atomic E-state index is -1.78. The molecular weight excluding hydrogens is 897 g/mol. The van der Waals surface area contributed by atoms with Crippen molar-refractivity contribution in [1.29, 1.82) is 0 Å². The molecule has 0 bridgehead atoms. The van der Waals surface area contributed by atoms with E-state index in [4.69, 9.17) is 33.2 Å². The number of aliphatic hydroxyl groups is 12. The fourth-order valence-electron chi connectivity index (χ4n) is 16.2. The molecule has 20 heteroatoms. The summed E-state index contributed by atoms with van der Waals surface area (Å²) < 4.78 is 42.4. The van der Waals surface area contributed by atoms with Gasteiger partial charge in [0.25, 0.3) is 0 Å². The number of ketones is 1. The maximum atomic E-state index is 14.6. The molecule has 5 saturated carbocycles. The van der Waals surface area contributed by atoms with Gasteiger partial charge in [0.2, 0.25) is 0 Å². The molecule has 68 heavy (non-hydrogen) atoms. The van der Waals surface area contributed by atoms with E-state index in [0.717, 1.165) is 38.5 Å². The van der Waals surface area contributed by atoms with E-state index >= 15 is 0 Å². The molecule has 9 aliphatic rings. The number of carbonyl (C=O) groups is 1. The first-order chi connectivity index (χ1) is 31.9. The van der Waals surface area contributed by atoms with Crippen molar-refractivity contribution in [1.82, 2.24) is 0 Å². The molecule has 4 aliphatic heterocycles. The van der Waals surface area contributed by atoms with Crippen LogP contribution in [0.25, 0.3) is 0 Å². The van der Waals surface area contributed by atoms with Gasteiger partial charge in [0.1, 0.15) is 84.6 Å². The lowest BCUT2D eigenvalue weighted by Crippen LogP contribution is -2.65. The Balaban J connectivity index is 0.885. The lowest BCUT2D eigenvalue weighted by Gasteiger charge is -2.63. The van der Waals surface area contributed by atoms with E-state index in [1.54, 1.807) is 6.92 Å². The summed E-state index contributed by atoms with van der Waals surface area (Å²) in [6.45, 7) is 10.6. The number of Topliss-reactive ketones (excluding diaryl/α,β-unsaturated/α-hetero) is 1. The zero-order valence-corrected chi connectivity index (χ0v) is 40.0. The molecule has 4 heterocycles. The van der Waals surface area contributed by atoms with Crippen LogP contribution in [0.4, 0.5) is 0 Å². The second kappa shape index (κ2) is 18.1. The SMILES string of the molecule is CC(C1CC(O)C(C)(COC2OC(CO)C(O)C(O)C2O)O1)C1C(=O)CC2(C)C3CCC4C(C)(C)C(OC5OC(CO)C(O)C(O)C5OC5OC(CO)C(O)C(O)C5O)CCC45CC35CCC12C. The third kappa shape index (κ3) is 7.59. The number of fused-ring (bicyclic) bond motifs is 2. The maximum Gasteiger partial charge on any atom is 0.187 e. The summed E-state index contributed by atoms with van der Waals surface area (Å²) in [6.07, 6.45) is -17.8. The lowest BCUT2D eigenvalue weighted by atomic mass is 9.41. The number of rotatable bonds is 12. The highest BCUT2D eigenvalue weighted by atomic mass is 16.8. The van der Waals surface area contributed by atoms with E-state index in [9.17, 15) is 66.1 Å². The number of ether oxygens (including phenoxy) is 7. The Hall–Kier alpha value is -1.09. The molecule has 4 saturated heterocycles. The fourth-order valence-corrected chi connectivity index (χ4v) is 16.2. The van der Waals surface area contributed by atoms with E-state index < -0.39 is 141 Å². The van der Waals surface area contributed by atoms with Crippen LogP contribution < -0.4 is 0 Å². The Labute approximate surface area is 396 Å². The largest absolute Gasteiger partial charge is 0.394 e. The molecule has 0 amide bonds. The molecule has 9 fully saturated rings. The van der Waals surface area contributed by atoms with Crippen LogP contribution in [-0.4, -0.2) is 210 Å². The van der Waals surface area contributed by atoms with Gasteiger partial charge < -0.3 is 94.4 Å². The van der Waals surface area contributed by atoms with Crippen molar-refractivity contribution < 1.29 is 99.2 Å². The molecule has 0 aromatic carbocycles. The van der Waals surface area contributed by atoms with E-state index in [-0.39, 0.29) is 64.1 Å². The molecule has 27 unspecified atom stereocenters. The third-order valence-electron chi connectivity index (χ3n) is 20.2. The second-order valence-corrected chi connectivity index (χ2v) is 23.7. The molecule has 0 aromatic heterocycles. The van der Waals surface area contributed by atoms with Crippen molar-refractivity contribution >= 4 is 5.78 Å². The predicted molar refractivity (Wildman–Crippen MR) is 231 cm³/mol. The average Bonchev–Trinajstić information content (AvgIpc) is 3.79. The maximum absolute atomic E-state index is 14.6. The normalized spacial score (nSPS) is 56.9. The Bertz CT molecular complexity index is 1840. The van der Waals surface area contributed by atoms with Crippen molar-refractivity contribution in [2.24, 2.45) is 50.7 Å². The summed E-state index contributed by atoms with van der Waals surface area (Å²) in [6, 6.07) is 0. The molecule has 9 rings (SSSR count). The van der Waals surface area contributed by atoms with Gasteiger partial charge in [-0.25, -0.2) is 0 Å². The Morgan fingerprint density at radius 2 is 1.16 bits per heavy atom. The molecule has 20 nitrogen and oxygen atoms in total. The number of hydrogen-bond donors (Lipinski definition) is 12. The van der Waals surface area contributed by atoms with Crippen molar-refractivity contribution in [3.63, 3.8) is 0 Å². The molecule has 0 aromatic rings. The van der Waals surface area contributed by atoms with Crippen LogP contribution in [0, 0.1) is 50.7 Å². The summed E-state index contributed by atoms with van der Waals surface area (Å²) in [4.78, 5) is 14.6. The minimum Gasteiger partial charge on any atom is -0.394 e. The van der Waals surface area contributed by atoms with Gasteiger partial charge in [-0.2, -0.15) is 0 Å². The van der Waals surface area contributed by atoms with Gasteiger partial charge in [-0.3, -0.25) is 4.79 Å². The number of hydrogen-bond acceptors (Lipinski definition) is 20. The van der Waals surface area contributed by atoms with Gasteiger partial charge in [-0.15, -0.1) is 0 Å². The number of carbonyl (C=O) groups excluding carboxylic acids is 1. The van der Waals surface area contributed by atoms with E-state index in [2.05, 4.69) is 27.7 Å². The number of aliphatic hydroxyl groups excluding tert-OH is 12. The first kappa shape index (κ1) is 51.8. The summed E-state index contributed by atoms with van der Waals surface area (Å²) >= 11 is 0. The lowest BCUT2D eigenvalue weighted by molar-refractivity contribution is -0.377. The minimum absolute atomic E-state index is 0.000792. The van der Waals surface area contributed by atoms with E-state index in [0.29, 0.717) is 12.8 Å². The van der Waals surface area contributed by atoms with Crippen molar-refractivity contribution in [3.05, 3.63) is 0 Å². The van der Waals surface area contributed by atoms with Gasteiger partial charge in [-0.1, -0.05) is 34.6 Å². The van der Waals surface area contributed by atoms with Gasteiger partial charge in [0.15, 0.2) is 18.9 Å². The zero-order chi connectivity index (χ0) is 49.4. The quantitative estimate of drug-likeness (QED) is 0.0939. The Kier molecular flexibility index (Phi) is 13.8. The molecular formula is C48H78O20. The highest BCUT2D eigenvalue weighted by Crippen LogP contribution is 2.89. The molecule has 2 spiro atoms. The van der Waals surface area contributed by atoms with Gasteiger partial charge in [0, 0.05) is 18.8 Å². The predicted octanol–water partition coefficient (Wildman–Crippen LogP) is -2.03. The van der Waals surface area contributed by atoms with Crippen molar-refractivity contribution in [2.45, 2.75) is 215 Å². The first-order valence-corrected chi connectivity index (χ1v) is 24.9.